The van der Waals surface area contributed by atoms with Crippen LogP contribution in [0.3, 0.4) is 0 Å². The highest BCUT2D eigenvalue weighted by Crippen LogP contribution is 2.35. The molecule has 1 heterocycles. The number of sulfonamides is 1. The third-order valence-electron chi connectivity index (χ3n) is 7.52. The molecule has 0 aliphatic carbocycles. The van der Waals surface area contributed by atoms with Gasteiger partial charge < -0.3 is 19.8 Å². The molecule has 1 aromatic heterocycles. The van der Waals surface area contributed by atoms with Gasteiger partial charge in [0.05, 0.1) is 19.1 Å². The molecule has 0 unspecified atom stereocenters. The Morgan fingerprint density at radius 1 is 0.841 bits per heavy atom. The maximum atomic E-state index is 13.5. The summed E-state index contributed by atoms with van der Waals surface area (Å²) in [6.07, 6.45) is 0.593. The van der Waals surface area contributed by atoms with Crippen LogP contribution in [0, 0.1) is 0 Å². The first-order valence-corrected chi connectivity index (χ1v) is 15.8. The predicted octanol–water partition coefficient (Wildman–Crippen LogP) is 6.92. The predicted molar refractivity (Wildman–Crippen MR) is 175 cm³/mol. The van der Waals surface area contributed by atoms with E-state index >= 15 is 0 Å². The van der Waals surface area contributed by atoms with Crippen LogP contribution in [0.15, 0.2) is 95.9 Å². The number of carbonyl (C=O) groups is 1. The van der Waals surface area contributed by atoms with E-state index in [-0.39, 0.29) is 16.2 Å². The number of nitrogens with one attached hydrogen (secondary N) is 3. The topological polar surface area (TPSA) is 110 Å². The molecule has 0 saturated carbocycles. The molecule has 8 nitrogen and oxygen atoms in total. The summed E-state index contributed by atoms with van der Waals surface area (Å²) in [6, 6.07) is 27.4. The molecule has 5 aromatic rings. The second kappa shape index (κ2) is 12.5. The summed E-state index contributed by atoms with van der Waals surface area (Å²) in [5.41, 5.74) is 4.99. The first-order chi connectivity index (χ1) is 21.0. The number of benzene rings is 4. The lowest BCUT2D eigenvalue weighted by Crippen LogP contribution is -2.26. The van der Waals surface area contributed by atoms with Gasteiger partial charge >= 0.3 is 0 Å². The smallest absolute Gasteiger partial charge is 0.268 e. The average Bonchev–Trinajstić information content (AvgIpc) is 3.39. The van der Waals surface area contributed by atoms with Crippen molar-refractivity contribution >= 4 is 32.5 Å². The van der Waals surface area contributed by atoms with E-state index in [2.05, 4.69) is 35.8 Å². The van der Waals surface area contributed by atoms with Gasteiger partial charge in [0.1, 0.15) is 5.69 Å². The zero-order valence-corrected chi connectivity index (χ0v) is 26.3. The second-order valence-corrected chi connectivity index (χ2v) is 13.3. The normalized spacial score (nSPS) is 11.8. The average molecular weight is 612 g/mol. The first kappa shape index (κ1) is 30.7. The number of rotatable bonds is 10. The van der Waals surface area contributed by atoms with Gasteiger partial charge in [-0.2, -0.15) is 0 Å². The van der Waals surface area contributed by atoms with E-state index in [0.717, 1.165) is 22.1 Å². The van der Waals surface area contributed by atoms with Gasteiger partial charge in [-0.3, -0.25) is 9.52 Å². The van der Waals surface area contributed by atoms with E-state index in [1.807, 2.05) is 60.7 Å². The molecule has 0 fully saturated rings. The van der Waals surface area contributed by atoms with Crippen molar-refractivity contribution in [1.29, 1.82) is 0 Å². The van der Waals surface area contributed by atoms with Gasteiger partial charge in [-0.05, 0) is 71.0 Å². The molecule has 0 aliphatic rings. The Balaban J connectivity index is 1.42. The summed E-state index contributed by atoms with van der Waals surface area (Å²) >= 11 is 0. The Hall–Kier alpha value is -4.76. The summed E-state index contributed by atoms with van der Waals surface area (Å²) in [6.45, 7) is 6.64. The summed E-state index contributed by atoms with van der Waals surface area (Å²) in [5, 5.41) is 3.75. The maximum absolute atomic E-state index is 13.5. The molecule has 0 spiro atoms. The van der Waals surface area contributed by atoms with Crippen LogP contribution >= 0.6 is 0 Å². The summed E-state index contributed by atoms with van der Waals surface area (Å²) in [7, 11) is -0.658. The zero-order chi connectivity index (χ0) is 31.5. The lowest BCUT2D eigenvalue weighted by atomic mass is 9.87. The van der Waals surface area contributed by atoms with E-state index in [1.54, 1.807) is 44.6 Å². The molecule has 1 amide bonds. The van der Waals surface area contributed by atoms with E-state index in [0.29, 0.717) is 46.9 Å². The van der Waals surface area contributed by atoms with Crippen LogP contribution in [0.25, 0.3) is 22.0 Å². The highest BCUT2D eigenvalue weighted by atomic mass is 32.2. The van der Waals surface area contributed by atoms with Crippen LogP contribution < -0.4 is 19.5 Å². The molecule has 0 bridgehead atoms. The van der Waals surface area contributed by atoms with Gasteiger partial charge in [0, 0.05) is 28.7 Å². The minimum atomic E-state index is -3.84. The second-order valence-electron chi connectivity index (χ2n) is 11.6. The highest BCUT2D eigenvalue weighted by Gasteiger charge is 2.22. The largest absolute Gasteiger partial charge is 0.493 e. The minimum absolute atomic E-state index is 0.0872. The summed E-state index contributed by atoms with van der Waals surface area (Å²) in [5.74, 6) is 1.01. The minimum Gasteiger partial charge on any atom is -0.493 e. The Labute approximate surface area is 258 Å². The molecule has 0 radical (unpaired) electrons. The van der Waals surface area contributed by atoms with Gasteiger partial charge in [0.15, 0.2) is 11.5 Å². The van der Waals surface area contributed by atoms with Crippen molar-refractivity contribution in [3.63, 3.8) is 0 Å². The van der Waals surface area contributed by atoms with Crippen molar-refractivity contribution in [3.05, 3.63) is 108 Å². The molecule has 228 valence electrons. The number of aromatic nitrogens is 1. The Morgan fingerprint density at radius 3 is 2.20 bits per heavy atom. The van der Waals surface area contributed by atoms with E-state index < -0.39 is 10.0 Å². The van der Waals surface area contributed by atoms with E-state index in [9.17, 15) is 13.2 Å². The van der Waals surface area contributed by atoms with E-state index in [1.165, 1.54) is 0 Å². The van der Waals surface area contributed by atoms with Crippen LogP contribution in [0.5, 0.6) is 11.5 Å². The molecule has 0 saturated heterocycles. The number of anilines is 1. The Bertz CT molecular complexity index is 1890. The number of hydrogen-bond acceptors (Lipinski definition) is 5. The van der Waals surface area contributed by atoms with Crippen LogP contribution in [0.1, 0.15) is 42.4 Å². The number of hydrogen-bond donors (Lipinski definition) is 3. The van der Waals surface area contributed by atoms with E-state index in [4.69, 9.17) is 9.47 Å². The fourth-order valence-electron chi connectivity index (χ4n) is 5.12. The quantitative estimate of drug-likeness (QED) is 0.159. The summed E-state index contributed by atoms with van der Waals surface area (Å²) < 4.78 is 40.0. The maximum Gasteiger partial charge on any atom is 0.268 e. The summed E-state index contributed by atoms with van der Waals surface area (Å²) in [4.78, 5) is 17.0. The SMILES string of the molecule is COc1ccc(CCNC(=O)c2[nH]c3ccc(NS(=O)(=O)c4ccc(C(C)(C)C)cc4)cc3c2-c2ccccc2)cc1OC. The van der Waals surface area contributed by atoms with Gasteiger partial charge in [0.2, 0.25) is 0 Å². The van der Waals surface area contributed by atoms with Gasteiger partial charge in [-0.1, -0.05) is 69.3 Å². The van der Waals surface area contributed by atoms with Crippen molar-refractivity contribution in [3.8, 4) is 22.6 Å². The van der Waals surface area contributed by atoms with Crippen LogP contribution in [0.4, 0.5) is 5.69 Å². The van der Waals surface area contributed by atoms with Crippen LogP contribution in [-0.4, -0.2) is 40.1 Å². The van der Waals surface area contributed by atoms with Crippen molar-refractivity contribution in [2.45, 2.75) is 37.5 Å². The molecule has 44 heavy (non-hydrogen) atoms. The monoisotopic (exact) mass is 611 g/mol. The van der Waals surface area contributed by atoms with Crippen LogP contribution in [0.2, 0.25) is 0 Å². The standard InChI is InChI=1S/C35H37N3O5S/c1-35(2,3)25-12-15-27(16-13-25)44(40,41)38-26-14-17-29-28(22-26)32(24-9-7-6-8-10-24)33(37-29)34(39)36-20-19-23-11-18-30(42-4)31(21-23)43-5/h6-18,21-22,37-38H,19-20H2,1-5H3,(H,36,39). The molecule has 9 heteroatoms. The molecular weight excluding hydrogens is 574 g/mol. The van der Waals surface area contributed by atoms with Gasteiger partial charge in [-0.25, -0.2) is 8.42 Å². The van der Waals surface area contributed by atoms with Crippen LogP contribution in [-0.2, 0) is 21.9 Å². The fourth-order valence-corrected chi connectivity index (χ4v) is 6.17. The number of ether oxygens (including phenoxy) is 2. The molecule has 4 aromatic carbocycles. The lowest BCUT2D eigenvalue weighted by molar-refractivity contribution is 0.0950. The molecule has 5 rings (SSSR count). The molecule has 3 N–H and O–H groups in total. The lowest BCUT2D eigenvalue weighted by Gasteiger charge is -2.19. The van der Waals surface area contributed by atoms with Crippen molar-refractivity contribution in [1.82, 2.24) is 10.3 Å². The number of fused-ring (bicyclic) bond motifs is 1. The molecular formula is C35H37N3O5S. The highest BCUT2D eigenvalue weighted by molar-refractivity contribution is 7.92. The first-order valence-electron chi connectivity index (χ1n) is 14.3. The van der Waals surface area contributed by atoms with Crippen molar-refractivity contribution < 1.29 is 22.7 Å². The third kappa shape index (κ3) is 6.58. The van der Waals surface area contributed by atoms with Crippen molar-refractivity contribution in [2.75, 3.05) is 25.5 Å². The fraction of sp³-hybridized carbons (Fsp3) is 0.229. The number of methoxy groups -OCH3 is 2. The number of amides is 1. The Kier molecular flexibility index (Phi) is 8.69. The number of H-pyrrole nitrogens is 1. The van der Waals surface area contributed by atoms with Gasteiger partial charge in [0.25, 0.3) is 15.9 Å². The third-order valence-corrected chi connectivity index (χ3v) is 8.92. The molecule has 0 aliphatic heterocycles. The zero-order valence-electron chi connectivity index (χ0n) is 25.5. The van der Waals surface area contributed by atoms with Gasteiger partial charge in [-0.15, -0.1) is 0 Å². The molecule has 0 atom stereocenters. The van der Waals surface area contributed by atoms with Crippen molar-refractivity contribution in [2.24, 2.45) is 0 Å². The Morgan fingerprint density at radius 2 is 1.55 bits per heavy atom. The number of carbonyl (C=O) groups excluding carboxylic acids is 1. The number of aromatic amines is 1.